The summed E-state index contributed by atoms with van der Waals surface area (Å²) < 4.78 is 10.0. The monoisotopic (exact) mass is 107 g/mol. The van der Waals surface area contributed by atoms with Crippen molar-refractivity contribution in [3.05, 3.63) is 0 Å². The number of aliphatic hydroxyl groups excluding tert-OH is 1. The van der Waals surface area contributed by atoms with Crippen LogP contribution in [-0.4, -0.2) is 17.6 Å². The smallest absolute Gasteiger partial charge is 0.351 e. The highest BCUT2D eigenvalue weighted by atomic mass is 31.1. The number of hydrogen-bond donors (Lipinski definition) is 1. The van der Waals surface area contributed by atoms with Gasteiger partial charge in [-0.15, -0.1) is 0 Å². The van der Waals surface area contributed by atoms with Crippen LogP contribution in [0.15, 0.2) is 0 Å². The molecule has 0 aromatic heterocycles. The predicted octanol–water partition coefficient (Wildman–Crippen LogP) is 0.782. The van der Waals surface area contributed by atoms with Crippen molar-refractivity contribution in [1.82, 2.24) is 0 Å². The molecule has 0 bridgehead atoms. The topological polar surface area (TPSA) is 37.3 Å². The molecule has 2 atom stereocenters. The standard InChI is InChI=1S/C3H8O2P/c1-3(4)6(2)5/h3-4H,1-2H3/q+1. The zero-order valence-corrected chi connectivity index (χ0v) is 4.77. The summed E-state index contributed by atoms with van der Waals surface area (Å²) in [7, 11) is -1.35. The molecule has 0 saturated carbocycles. The van der Waals surface area contributed by atoms with E-state index in [4.69, 9.17) is 5.11 Å². The molecule has 36 valence electrons. The van der Waals surface area contributed by atoms with Crippen LogP contribution >= 0.6 is 7.80 Å². The molecular weight excluding hydrogens is 99.0 g/mol. The second-order valence-corrected chi connectivity index (χ2v) is 3.02. The van der Waals surface area contributed by atoms with E-state index in [0.717, 1.165) is 0 Å². The van der Waals surface area contributed by atoms with Crippen molar-refractivity contribution < 1.29 is 9.67 Å². The predicted molar refractivity (Wildman–Crippen MR) is 25.2 cm³/mol. The second-order valence-electron chi connectivity index (χ2n) is 1.18. The third-order valence-electron chi connectivity index (χ3n) is 0.526. The first-order valence-electron chi connectivity index (χ1n) is 1.72. The lowest BCUT2D eigenvalue weighted by atomic mass is 10.9. The molecule has 1 N–H and O–H groups in total. The van der Waals surface area contributed by atoms with Gasteiger partial charge in [-0.05, 0) is 0 Å². The first-order valence-corrected chi connectivity index (χ1v) is 3.50. The van der Waals surface area contributed by atoms with E-state index in [9.17, 15) is 4.57 Å². The Balaban J connectivity index is 3.26. The summed E-state index contributed by atoms with van der Waals surface area (Å²) >= 11 is 0. The van der Waals surface area contributed by atoms with Crippen LogP contribution < -0.4 is 0 Å². The van der Waals surface area contributed by atoms with Gasteiger partial charge in [0.2, 0.25) is 5.85 Å². The maximum Gasteiger partial charge on any atom is 0.366 e. The van der Waals surface area contributed by atoms with Crippen LogP contribution in [0.3, 0.4) is 0 Å². The van der Waals surface area contributed by atoms with Crippen LogP contribution in [0.5, 0.6) is 0 Å². The van der Waals surface area contributed by atoms with E-state index in [1.165, 1.54) is 13.6 Å². The largest absolute Gasteiger partial charge is 0.366 e. The first kappa shape index (κ1) is 6.06. The molecule has 0 aliphatic rings. The molecule has 0 amide bonds. The van der Waals surface area contributed by atoms with Crippen molar-refractivity contribution in [3.63, 3.8) is 0 Å². The van der Waals surface area contributed by atoms with Crippen molar-refractivity contribution >= 4 is 7.80 Å². The van der Waals surface area contributed by atoms with Crippen molar-refractivity contribution in [2.75, 3.05) is 6.66 Å². The molecule has 2 unspecified atom stereocenters. The van der Waals surface area contributed by atoms with Crippen LogP contribution in [0.4, 0.5) is 0 Å². The van der Waals surface area contributed by atoms with Crippen molar-refractivity contribution in [1.29, 1.82) is 0 Å². The Morgan fingerprint density at radius 3 is 2.00 bits per heavy atom. The Hall–Kier alpha value is 0.0600. The molecule has 0 heterocycles. The summed E-state index contributed by atoms with van der Waals surface area (Å²) in [5, 5.41) is 8.35. The van der Waals surface area contributed by atoms with E-state index in [-0.39, 0.29) is 0 Å². The molecule has 0 fully saturated rings. The molecule has 6 heavy (non-hydrogen) atoms. The van der Waals surface area contributed by atoms with E-state index in [0.29, 0.717) is 0 Å². The fourth-order valence-electron chi connectivity index (χ4n) is 0. The van der Waals surface area contributed by atoms with Gasteiger partial charge in [0, 0.05) is 6.92 Å². The number of hydrogen-bond acceptors (Lipinski definition) is 2. The molecule has 0 saturated heterocycles. The highest BCUT2D eigenvalue weighted by molar-refractivity contribution is 7.44. The minimum Gasteiger partial charge on any atom is -0.351 e. The first-order chi connectivity index (χ1) is 2.64. The van der Waals surface area contributed by atoms with E-state index in [2.05, 4.69) is 0 Å². The quantitative estimate of drug-likeness (QED) is 0.503. The third kappa shape index (κ3) is 2.31. The van der Waals surface area contributed by atoms with E-state index >= 15 is 0 Å². The number of rotatable bonds is 1. The van der Waals surface area contributed by atoms with Gasteiger partial charge in [-0.2, -0.15) is 0 Å². The Labute approximate surface area is 38.0 Å². The molecular formula is C3H8O2P+. The molecule has 0 rings (SSSR count). The van der Waals surface area contributed by atoms with Gasteiger partial charge in [0.25, 0.3) is 0 Å². The molecule has 0 aliphatic heterocycles. The summed E-state index contributed by atoms with van der Waals surface area (Å²) in [6, 6.07) is 0. The molecule has 0 spiro atoms. The minimum atomic E-state index is -1.35. The Morgan fingerprint density at radius 1 is 1.83 bits per heavy atom. The van der Waals surface area contributed by atoms with Gasteiger partial charge in [-0.1, -0.05) is 4.57 Å². The molecule has 0 radical (unpaired) electrons. The fourth-order valence-corrected chi connectivity index (χ4v) is 0. The highest BCUT2D eigenvalue weighted by Gasteiger charge is 2.12. The maximum atomic E-state index is 10.0. The van der Waals surface area contributed by atoms with Gasteiger partial charge >= 0.3 is 7.80 Å². The summed E-state index contributed by atoms with van der Waals surface area (Å²) in [5.41, 5.74) is 0. The lowest BCUT2D eigenvalue weighted by molar-refractivity contribution is 0.272. The van der Waals surface area contributed by atoms with Gasteiger partial charge in [-0.25, -0.2) is 0 Å². The average Bonchev–Trinajstić information content (AvgIpc) is 1.36. The van der Waals surface area contributed by atoms with Crippen LogP contribution in [-0.2, 0) is 4.57 Å². The molecule has 3 heteroatoms. The van der Waals surface area contributed by atoms with Gasteiger partial charge < -0.3 is 5.11 Å². The highest BCUT2D eigenvalue weighted by Crippen LogP contribution is 2.18. The number of aliphatic hydroxyl groups is 1. The van der Waals surface area contributed by atoms with Gasteiger partial charge in [-0.3, -0.25) is 0 Å². The summed E-state index contributed by atoms with van der Waals surface area (Å²) in [4.78, 5) is 0. The zero-order chi connectivity index (χ0) is 5.15. The lowest BCUT2D eigenvalue weighted by Crippen LogP contribution is -1.87. The van der Waals surface area contributed by atoms with Gasteiger partial charge in [0.1, 0.15) is 6.66 Å². The maximum absolute atomic E-state index is 10.0. The summed E-state index contributed by atoms with van der Waals surface area (Å²) in [5.74, 6) is -0.639. The van der Waals surface area contributed by atoms with Crippen LogP contribution in [0, 0.1) is 0 Å². The Morgan fingerprint density at radius 2 is 2.00 bits per heavy atom. The second kappa shape index (κ2) is 2.27. The Bertz CT molecular complexity index is 59.8. The van der Waals surface area contributed by atoms with E-state index in [1.807, 2.05) is 0 Å². The summed E-state index contributed by atoms with van der Waals surface area (Å²) in [6.07, 6.45) is 0. The lowest BCUT2D eigenvalue weighted by Gasteiger charge is -1.77. The molecule has 2 nitrogen and oxygen atoms in total. The minimum absolute atomic E-state index is 0.639. The van der Waals surface area contributed by atoms with E-state index < -0.39 is 13.6 Å². The normalized spacial score (nSPS) is 16.8. The molecule has 0 aromatic carbocycles. The third-order valence-corrected chi connectivity index (χ3v) is 1.58. The molecule has 0 aliphatic carbocycles. The van der Waals surface area contributed by atoms with Crippen LogP contribution in [0.25, 0.3) is 0 Å². The Kier molecular flexibility index (Phi) is 2.29. The van der Waals surface area contributed by atoms with Gasteiger partial charge in [0.05, 0.1) is 0 Å². The van der Waals surface area contributed by atoms with Crippen LogP contribution in [0.2, 0.25) is 0 Å². The summed E-state index contributed by atoms with van der Waals surface area (Å²) in [6.45, 7) is 3.01. The SMILES string of the molecule is CC(O)[P+](C)=O. The van der Waals surface area contributed by atoms with Crippen molar-refractivity contribution in [2.45, 2.75) is 12.8 Å². The van der Waals surface area contributed by atoms with Gasteiger partial charge in [0.15, 0.2) is 0 Å². The van der Waals surface area contributed by atoms with Crippen LogP contribution in [0.1, 0.15) is 6.92 Å². The fraction of sp³-hybridized carbons (Fsp3) is 1.00. The van der Waals surface area contributed by atoms with Crippen molar-refractivity contribution in [3.8, 4) is 0 Å². The zero-order valence-electron chi connectivity index (χ0n) is 3.88. The van der Waals surface area contributed by atoms with E-state index in [1.54, 1.807) is 0 Å². The molecule has 0 aromatic rings. The van der Waals surface area contributed by atoms with Crippen molar-refractivity contribution in [2.24, 2.45) is 0 Å². The average molecular weight is 107 g/mol.